The second-order valence-corrected chi connectivity index (χ2v) is 12.7. The second-order valence-electron chi connectivity index (χ2n) is 11.6. The lowest BCUT2D eigenvalue weighted by molar-refractivity contribution is -0.114. The summed E-state index contributed by atoms with van der Waals surface area (Å²) in [6, 6.07) is 8.95. The number of fused-ring (bicyclic) bond motifs is 4. The third kappa shape index (κ3) is 3.81. The van der Waals surface area contributed by atoms with Gasteiger partial charge in [-0.05, 0) is 98.6 Å². The maximum absolute atomic E-state index is 12.2. The van der Waals surface area contributed by atoms with Gasteiger partial charge in [-0.3, -0.25) is 4.79 Å². The van der Waals surface area contributed by atoms with Crippen molar-refractivity contribution in [3.63, 3.8) is 0 Å². The van der Waals surface area contributed by atoms with E-state index in [0.717, 1.165) is 49.2 Å². The van der Waals surface area contributed by atoms with Crippen molar-refractivity contribution in [2.24, 2.45) is 17.3 Å². The van der Waals surface area contributed by atoms with Crippen LogP contribution in [0.4, 0.5) is 0 Å². The zero-order chi connectivity index (χ0) is 24.4. The van der Waals surface area contributed by atoms with Crippen LogP contribution in [-0.2, 0) is 4.79 Å². The molecular formula is C31H35NO2S. The SMILES string of the molecule is Cc1nc(/C=C/c2cccc([C@H]3CC4(C)C(CCC4(C)O)C4CCC5=CC(=O)CCC5=C43)c2)cs1. The summed E-state index contributed by atoms with van der Waals surface area (Å²) in [7, 11) is 0. The summed E-state index contributed by atoms with van der Waals surface area (Å²) in [4.78, 5) is 16.8. The first-order valence-electron chi connectivity index (χ1n) is 13.1. The Morgan fingerprint density at radius 2 is 2.00 bits per heavy atom. The predicted octanol–water partition coefficient (Wildman–Crippen LogP) is 7.27. The molecule has 1 aromatic carbocycles. The summed E-state index contributed by atoms with van der Waals surface area (Å²) in [5.41, 5.74) is 7.16. The molecule has 1 aromatic heterocycles. The number of rotatable bonds is 3. The van der Waals surface area contributed by atoms with Crippen LogP contribution in [-0.4, -0.2) is 21.5 Å². The molecule has 2 fully saturated rings. The number of allylic oxidation sites excluding steroid dienone is 4. The number of nitrogens with zero attached hydrogens (tertiary/aromatic N) is 1. The Morgan fingerprint density at radius 3 is 2.80 bits per heavy atom. The molecule has 4 aliphatic carbocycles. The van der Waals surface area contributed by atoms with Gasteiger partial charge in [0.25, 0.3) is 0 Å². The minimum absolute atomic E-state index is 0.0952. The molecule has 4 aliphatic rings. The maximum atomic E-state index is 12.2. The van der Waals surface area contributed by atoms with Gasteiger partial charge in [-0.15, -0.1) is 11.3 Å². The number of aryl methyl sites for hydroxylation is 1. The van der Waals surface area contributed by atoms with Crippen molar-refractivity contribution in [2.45, 2.75) is 77.2 Å². The second kappa shape index (κ2) is 8.38. The Labute approximate surface area is 212 Å². The molecule has 1 heterocycles. The highest BCUT2D eigenvalue weighted by Crippen LogP contribution is 2.66. The summed E-state index contributed by atoms with van der Waals surface area (Å²) in [6.45, 7) is 6.46. The monoisotopic (exact) mass is 485 g/mol. The van der Waals surface area contributed by atoms with Crippen LogP contribution in [0, 0.1) is 24.2 Å². The van der Waals surface area contributed by atoms with Gasteiger partial charge in [0.15, 0.2) is 5.78 Å². The van der Waals surface area contributed by atoms with Crippen LogP contribution in [0.15, 0.2) is 52.4 Å². The summed E-state index contributed by atoms with van der Waals surface area (Å²) < 4.78 is 0. The van der Waals surface area contributed by atoms with E-state index < -0.39 is 5.60 Å². The minimum Gasteiger partial charge on any atom is -0.390 e. The van der Waals surface area contributed by atoms with Crippen LogP contribution >= 0.6 is 11.3 Å². The number of hydrogen-bond donors (Lipinski definition) is 1. The van der Waals surface area contributed by atoms with Crippen molar-refractivity contribution >= 4 is 29.3 Å². The molecule has 0 amide bonds. The van der Waals surface area contributed by atoms with E-state index in [1.807, 2.05) is 13.0 Å². The Hall–Kier alpha value is -2.30. The number of benzene rings is 1. The van der Waals surface area contributed by atoms with Crippen LogP contribution < -0.4 is 0 Å². The van der Waals surface area contributed by atoms with Gasteiger partial charge in [-0.1, -0.05) is 42.8 Å². The van der Waals surface area contributed by atoms with Crippen molar-refractivity contribution in [3.05, 3.63) is 74.3 Å². The zero-order valence-corrected chi connectivity index (χ0v) is 21.8. The molecule has 35 heavy (non-hydrogen) atoms. The molecule has 0 aliphatic heterocycles. The molecule has 0 radical (unpaired) electrons. The number of hydrogen-bond acceptors (Lipinski definition) is 4. The number of ketones is 1. The highest BCUT2D eigenvalue weighted by atomic mass is 32.1. The summed E-state index contributed by atoms with van der Waals surface area (Å²) in [5.74, 6) is 1.59. The average molecular weight is 486 g/mol. The van der Waals surface area contributed by atoms with Crippen LogP contribution in [0.2, 0.25) is 0 Å². The first-order chi connectivity index (χ1) is 16.7. The largest absolute Gasteiger partial charge is 0.390 e. The predicted molar refractivity (Wildman–Crippen MR) is 143 cm³/mol. The zero-order valence-electron chi connectivity index (χ0n) is 21.0. The highest BCUT2D eigenvalue weighted by Gasteiger charge is 2.61. The molecule has 0 bridgehead atoms. The Balaban J connectivity index is 1.45. The van der Waals surface area contributed by atoms with Crippen molar-refractivity contribution in [1.82, 2.24) is 4.98 Å². The molecule has 1 N–H and O–H groups in total. The first-order valence-corrected chi connectivity index (χ1v) is 14.0. The van der Waals surface area contributed by atoms with Gasteiger partial charge in [-0.25, -0.2) is 4.98 Å². The molecule has 2 saturated carbocycles. The van der Waals surface area contributed by atoms with Gasteiger partial charge in [-0.2, -0.15) is 0 Å². The summed E-state index contributed by atoms with van der Waals surface area (Å²) in [6.07, 6.45) is 12.8. The molecule has 2 aromatic rings. The Morgan fingerprint density at radius 1 is 1.14 bits per heavy atom. The van der Waals surface area contributed by atoms with Gasteiger partial charge in [0.2, 0.25) is 0 Å². The Bertz CT molecular complexity index is 1280. The van der Waals surface area contributed by atoms with E-state index in [2.05, 4.69) is 60.6 Å². The van der Waals surface area contributed by atoms with E-state index in [-0.39, 0.29) is 17.1 Å². The van der Waals surface area contributed by atoms with Gasteiger partial charge in [0, 0.05) is 23.1 Å². The third-order valence-electron chi connectivity index (χ3n) is 9.69. The molecular weight excluding hydrogens is 450 g/mol. The first kappa shape index (κ1) is 23.1. The summed E-state index contributed by atoms with van der Waals surface area (Å²) >= 11 is 1.68. The minimum atomic E-state index is -0.634. The maximum Gasteiger partial charge on any atom is 0.156 e. The fraction of sp³-hybridized carbons (Fsp3) is 0.484. The highest BCUT2D eigenvalue weighted by molar-refractivity contribution is 7.09. The third-order valence-corrected chi connectivity index (χ3v) is 10.5. The van der Waals surface area contributed by atoms with Crippen molar-refractivity contribution < 1.29 is 9.90 Å². The van der Waals surface area contributed by atoms with Crippen LogP contribution in [0.5, 0.6) is 0 Å². The lowest BCUT2D eigenvalue weighted by atomic mass is 9.51. The molecule has 6 rings (SSSR count). The van der Waals surface area contributed by atoms with E-state index in [9.17, 15) is 9.90 Å². The standard InChI is InChI=1S/C31H35NO2S/c1-19-32-23(18-35-19)9-7-20-5-4-6-21(15-20)27-17-30(2)28(13-14-31(30,3)34)26-11-8-22-16-24(33)10-12-25(22)29(26)27/h4-7,9,15-16,18,26-28,34H,8,10-14,17H2,1-3H3/b9-7+/t26?,27-,28?,30?,31?/m1/s1. The van der Waals surface area contributed by atoms with Gasteiger partial charge in [0.05, 0.1) is 16.3 Å². The van der Waals surface area contributed by atoms with Crippen LogP contribution in [0.3, 0.4) is 0 Å². The quantitative estimate of drug-likeness (QED) is 0.497. The average Bonchev–Trinajstić information content (AvgIpc) is 3.36. The van der Waals surface area contributed by atoms with Gasteiger partial charge >= 0.3 is 0 Å². The fourth-order valence-electron chi connectivity index (χ4n) is 7.70. The smallest absolute Gasteiger partial charge is 0.156 e. The molecule has 3 nitrogen and oxygen atoms in total. The van der Waals surface area contributed by atoms with E-state index in [1.165, 1.54) is 22.3 Å². The molecule has 0 spiro atoms. The lowest BCUT2D eigenvalue weighted by Crippen LogP contribution is -2.50. The summed E-state index contributed by atoms with van der Waals surface area (Å²) in [5, 5.41) is 14.7. The van der Waals surface area contributed by atoms with Crippen LogP contribution in [0.25, 0.3) is 12.2 Å². The van der Waals surface area contributed by atoms with Gasteiger partial charge in [0.1, 0.15) is 0 Å². The van der Waals surface area contributed by atoms with Gasteiger partial charge < -0.3 is 5.11 Å². The number of aliphatic hydroxyl groups is 1. The van der Waals surface area contributed by atoms with E-state index in [1.54, 1.807) is 16.9 Å². The number of carbonyl (C=O) groups excluding carboxylic acids is 1. The Kier molecular flexibility index (Phi) is 5.54. The van der Waals surface area contributed by atoms with Crippen molar-refractivity contribution in [3.8, 4) is 0 Å². The molecule has 182 valence electrons. The number of aromatic nitrogens is 1. The van der Waals surface area contributed by atoms with Crippen molar-refractivity contribution in [2.75, 3.05) is 0 Å². The number of carbonyl (C=O) groups is 1. The van der Waals surface area contributed by atoms with E-state index in [4.69, 9.17) is 0 Å². The van der Waals surface area contributed by atoms with E-state index in [0.29, 0.717) is 18.3 Å². The molecule has 4 heteroatoms. The molecule has 4 unspecified atom stereocenters. The normalized spacial score (nSPS) is 34.6. The lowest BCUT2D eigenvalue weighted by Gasteiger charge is -2.54. The van der Waals surface area contributed by atoms with Crippen LogP contribution in [0.1, 0.15) is 86.5 Å². The fourth-order valence-corrected chi connectivity index (χ4v) is 8.28. The number of thiazole rings is 1. The molecule has 0 saturated heterocycles. The van der Waals surface area contributed by atoms with E-state index >= 15 is 0 Å². The topological polar surface area (TPSA) is 50.2 Å². The molecule has 5 atom stereocenters. The van der Waals surface area contributed by atoms with Crippen molar-refractivity contribution in [1.29, 1.82) is 0 Å².